The van der Waals surface area contributed by atoms with Crippen molar-refractivity contribution in [1.29, 1.82) is 0 Å². The van der Waals surface area contributed by atoms with Crippen LogP contribution in [-0.2, 0) is 6.42 Å². The van der Waals surface area contributed by atoms with Crippen molar-refractivity contribution in [1.82, 2.24) is 4.98 Å². The molecule has 0 aliphatic carbocycles. The lowest BCUT2D eigenvalue weighted by molar-refractivity contribution is 0.468. The molecular formula is C13H13NO3. The zero-order chi connectivity index (χ0) is 12.4. The minimum Gasteiger partial charge on any atom is -0.503 e. The summed E-state index contributed by atoms with van der Waals surface area (Å²) in [5.74, 6) is -0.548. The van der Waals surface area contributed by atoms with Crippen molar-refractivity contribution in [3.8, 4) is 5.75 Å². The molecule has 4 nitrogen and oxygen atoms in total. The van der Waals surface area contributed by atoms with Crippen LogP contribution in [0.2, 0.25) is 0 Å². The molecule has 2 rings (SSSR count). The molecule has 4 heteroatoms. The number of rotatable bonds is 2. The minimum atomic E-state index is -0.647. The van der Waals surface area contributed by atoms with Crippen LogP contribution in [0.3, 0.4) is 0 Å². The van der Waals surface area contributed by atoms with Gasteiger partial charge in [0.1, 0.15) is 0 Å². The van der Waals surface area contributed by atoms with Crippen LogP contribution >= 0.6 is 0 Å². The molecule has 1 aromatic heterocycles. The Balaban J connectivity index is 2.97. The molecule has 0 saturated carbocycles. The van der Waals surface area contributed by atoms with Crippen molar-refractivity contribution in [2.24, 2.45) is 0 Å². The number of H-pyrrole nitrogens is 1. The largest absolute Gasteiger partial charge is 0.503 e. The molecule has 88 valence electrons. The van der Waals surface area contributed by atoms with Gasteiger partial charge in [-0.2, -0.15) is 0 Å². The fourth-order valence-electron chi connectivity index (χ4n) is 1.92. The van der Waals surface area contributed by atoms with Crippen molar-refractivity contribution in [3.63, 3.8) is 0 Å². The first-order valence-corrected chi connectivity index (χ1v) is 5.51. The van der Waals surface area contributed by atoms with Gasteiger partial charge in [-0.05, 0) is 18.1 Å². The summed E-state index contributed by atoms with van der Waals surface area (Å²) < 4.78 is 0. The van der Waals surface area contributed by atoms with E-state index in [1.165, 1.54) is 0 Å². The molecule has 0 amide bonds. The number of fused-ring (bicyclic) bond motifs is 1. The summed E-state index contributed by atoms with van der Waals surface area (Å²) in [7, 11) is 0. The Bertz CT molecular complexity index is 673. The molecule has 0 unspecified atom stereocenters. The van der Waals surface area contributed by atoms with E-state index in [2.05, 4.69) is 4.98 Å². The van der Waals surface area contributed by atoms with Crippen LogP contribution < -0.4 is 11.0 Å². The Morgan fingerprint density at radius 3 is 2.76 bits per heavy atom. The topological polar surface area (TPSA) is 70.2 Å². The molecule has 0 aliphatic rings. The number of benzene rings is 1. The van der Waals surface area contributed by atoms with E-state index >= 15 is 0 Å². The van der Waals surface area contributed by atoms with Crippen LogP contribution in [0.25, 0.3) is 10.9 Å². The summed E-state index contributed by atoms with van der Waals surface area (Å²) in [6, 6.07) is 6.29. The zero-order valence-corrected chi connectivity index (χ0v) is 9.49. The van der Waals surface area contributed by atoms with E-state index in [-0.39, 0.29) is 5.43 Å². The maximum Gasteiger partial charge on any atom is 0.290 e. The van der Waals surface area contributed by atoms with E-state index < -0.39 is 11.3 Å². The second kappa shape index (κ2) is 4.41. The molecule has 2 N–H and O–H groups in total. The number of hydrogen-bond acceptors (Lipinski definition) is 3. The van der Waals surface area contributed by atoms with Crippen LogP contribution in [0.5, 0.6) is 5.75 Å². The van der Waals surface area contributed by atoms with Crippen LogP contribution in [-0.4, -0.2) is 10.1 Å². The van der Waals surface area contributed by atoms with Gasteiger partial charge < -0.3 is 10.1 Å². The third-order valence-electron chi connectivity index (χ3n) is 2.67. The first kappa shape index (κ1) is 11.4. The lowest BCUT2D eigenvalue weighted by Crippen LogP contribution is -2.00. The van der Waals surface area contributed by atoms with Crippen LogP contribution in [0, 0.1) is 0 Å². The SMILES string of the molecule is CCCc1cccc2[nH]c(=O)c(O)cc(=O)c12. The normalized spacial score (nSPS) is 10.6. The standard InChI is InChI=1S/C13H13NO3/c1-2-4-8-5-3-6-9-12(8)10(15)7-11(16)13(17)14-9/h3,5-7,16H,2,4H2,1H3,(H,14,17). The van der Waals surface area contributed by atoms with E-state index in [0.717, 1.165) is 24.5 Å². The number of aromatic amines is 1. The summed E-state index contributed by atoms with van der Waals surface area (Å²) in [5.41, 5.74) is 0.373. The Kier molecular flexibility index (Phi) is 2.95. The molecule has 0 atom stereocenters. The summed E-state index contributed by atoms with van der Waals surface area (Å²) in [5, 5.41) is 9.83. The Hall–Kier alpha value is -2.10. The zero-order valence-electron chi connectivity index (χ0n) is 9.49. The highest BCUT2D eigenvalue weighted by Gasteiger charge is 2.06. The van der Waals surface area contributed by atoms with E-state index in [1.807, 2.05) is 13.0 Å². The monoisotopic (exact) mass is 231 g/mol. The number of aromatic hydroxyl groups is 1. The van der Waals surface area contributed by atoms with Gasteiger partial charge in [0.25, 0.3) is 5.56 Å². The molecule has 0 spiro atoms. The highest BCUT2D eigenvalue weighted by molar-refractivity contribution is 5.81. The first-order valence-electron chi connectivity index (χ1n) is 5.51. The summed E-state index contributed by atoms with van der Waals surface area (Å²) in [6.45, 7) is 2.02. The fraction of sp³-hybridized carbons (Fsp3) is 0.231. The van der Waals surface area contributed by atoms with Crippen molar-refractivity contribution in [2.45, 2.75) is 19.8 Å². The maximum absolute atomic E-state index is 11.9. The molecule has 1 aromatic carbocycles. The van der Waals surface area contributed by atoms with Gasteiger partial charge in [-0.1, -0.05) is 25.5 Å². The molecule has 0 aliphatic heterocycles. The Morgan fingerprint density at radius 1 is 1.29 bits per heavy atom. The molecule has 17 heavy (non-hydrogen) atoms. The van der Waals surface area contributed by atoms with Crippen molar-refractivity contribution in [2.75, 3.05) is 0 Å². The lowest BCUT2D eigenvalue weighted by atomic mass is 10.0. The van der Waals surface area contributed by atoms with Gasteiger partial charge in [-0.3, -0.25) is 9.59 Å². The number of hydrogen-bond donors (Lipinski definition) is 2. The van der Waals surface area contributed by atoms with Crippen LogP contribution in [0.1, 0.15) is 18.9 Å². The molecular weight excluding hydrogens is 218 g/mol. The van der Waals surface area contributed by atoms with E-state index in [0.29, 0.717) is 10.9 Å². The van der Waals surface area contributed by atoms with Gasteiger partial charge in [0.15, 0.2) is 11.2 Å². The van der Waals surface area contributed by atoms with Crippen molar-refractivity contribution >= 4 is 10.9 Å². The molecule has 0 fully saturated rings. The van der Waals surface area contributed by atoms with E-state index in [4.69, 9.17) is 0 Å². The second-order valence-corrected chi connectivity index (χ2v) is 3.94. The van der Waals surface area contributed by atoms with Gasteiger partial charge in [0.2, 0.25) is 0 Å². The summed E-state index contributed by atoms with van der Waals surface area (Å²) >= 11 is 0. The van der Waals surface area contributed by atoms with Gasteiger partial charge in [-0.15, -0.1) is 0 Å². The highest BCUT2D eigenvalue weighted by atomic mass is 16.3. The van der Waals surface area contributed by atoms with E-state index in [9.17, 15) is 14.7 Å². The second-order valence-electron chi connectivity index (χ2n) is 3.94. The van der Waals surface area contributed by atoms with Gasteiger partial charge in [0.05, 0.1) is 5.52 Å². The Morgan fingerprint density at radius 2 is 2.06 bits per heavy atom. The smallest absolute Gasteiger partial charge is 0.290 e. The first-order chi connectivity index (χ1) is 8.13. The van der Waals surface area contributed by atoms with E-state index in [1.54, 1.807) is 12.1 Å². The average Bonchev–Trinajstić information content (AvgIpc) is 2.38. The number of aryl methyl sites for hydroxylation is 1. The number of nitrogens with one attached hydrogen (secondary N) is 1. The molecule has 0 radical (unpaired) electrons. The predicted octanol–water partition coefficient (Wildman–Crippen LogP) is 1.55. The van der Waals surface area contributed by atoms with Gasteiger partial charge in [0, 0.05) is 11.5 Å². The van der Waals surface area contributed by atoms with Crippen molar-refractivity contribution in [3.05, 3.63) is 50.4 Å². The van der Waals surface area contributed by atoms with Gasteiger partial charge in [-0.25, -0.2) is 0 Å². The van der Waals surface area contributed by atoms with Crippen molar-refractivity contribution < 1.29 is 5.11 Å². The third-order valence-corrected chi connectivity index (χ3v) is 2.67. The highest BCUT2D eigenvalue weighted by Crippen LogP contribution is 2.14. The summed E-state index contributed by atoms with van der Waals surface area (Å²) in [4.78, 5) is 25.9. The Labute approximate surface area is 97.6 Å². The molecule has 0 bridgehead atoms. The number of aromatic nitrogens is 1. The molecule has 2 aromatic rings. The third kappa shape index (κ3) is 2.06. The fourth-order valence-corrected chi connectivity index (χ4v) is 1.92. The average molecular weight is 231 g/mol. The predicted molar refractivity (Wildman–Crippen MR) is 66.5 cm³/mol. The lowest BCUT2D eigenvalue weighted by Gasteiger charge is -2.00. The minimum absolute atomic E-state index is 0.333. The molecule has 1 heterocycles. The quantitative estimate of drug-likeness (QED) is 0.823. The van der Waals surface area contributed by atoms with Crippen LogP contribution in [0.4, 0.5) is 0 Å². The maximum atomic E-state index is 11.9. The summed E-state index contributed by atoms with van der Waals surface area (Å²) in [6.07, 6.45) is 1.67. The molecule has 0 saturated heterocycles. The van der Waals surface area contributed by atoms with Crippen LogP contribution in [0.15, 0.2) is 33.9 Å². The van der Waals surface area contributed by atoms with Gasteiger partial charge >= 0.3 is 0 Å².